The highest BCUT2D eigenvalue weighted by atomic mass is 31.2. The summed E-state index contributed by atoms with van der Waals surface area (Å²) in [5.41, 5.74) is 0. The zero-order chi connectivity index (χ0) is 17.7. The Balaban J connectivity index is 2.07. The van der Waals surface area contributed by atoms with Crippen molar-refractivity contribution in [3.63, 3.8) is 0 Å². The van der Waals surface area contributed by atoms with E-state index in [0.717, 1.165) is 0 Å². The first kappa shape index (κ1) is 17.1. The minimum atomic E-state index is -3.30. The van der Waals surface area contributed by atoms with Crippen LogP contribution in [0.2, 0.25) is 0 Å². The minimum Gasteiger partial charge on any atom is -0.493 e. The van der Waals surface area contributed by atoms with Crippen LogP contribution < -0.4 is 24.6 Å². The van der Waals surface area contributed by atoms with E-state index in [0.29, 0.717) is 27.9 Å². The molecule has 0 aliphatic heterocycles. The molecule has 0 saturated carbocycles. The van der Waals surface area contributed by atoms with Crippen molar-refractivity contribution in [2.24, 2.45) is 0 Å². The Hall–Kier alpha value is -2.71. The van der Waals surface area contributed by atoms with Crippen LogP contribution in [0.15, 0.2) is 78.9 Å². The molecule has 0 aliphatic rings. The van der Waals surface area contributed by atoms with Crippen LogP contribution in [0.5, 0.6) is 17.2 Å². The molecule has 25 heavy (non-hydrogen) atoms. The highest BCUT2D eigenvalue weighted by Gasteiger charge is 2.30. The maximum absolute atomic E-state index is 13.8. The van der Waals surface area contributed by atoms with Crippen molar-refractivity contribution >= 4 is 18.0 Å². The van der Waals surface area contributed by atoms with Crippen molar-refractivity contribution in [2.45, 2.75) is 0 Å². The van der Waals surface area contributed by atoms with E-state index in [4.69, 9.17) is 14.0 Å². The molecule has 0 saturated heterocycles. The number of benzene rings is 3. The summed E-state index contributed by atoms with van der Waals surface area (Å²) in [7, 11) is -0.178. The average Bonchev–Trinajstić information content (AvgIpc) is 2.69. The predicted molar refractivity (Wildman–Crippen MR) is 99.9 cm³/mol. The van der Waals surface area contributed by atoms with Gasteiger partial charge in [0.15, 0.2) is 11.5 Å². The Kier molecular flexibility index (Phi) is 5.11. The van der Waals surface area contributed by atoms with Gasteiger partial charge in [0.05, 0.1) is 24.8 Å². The lowest BCUT2D eigenvalue weighted by Gasteiger charge is -2.21. The van der Waals surface area contributed by atoms with E-state index in [2.05, 4.69) is 0 Å². The van der Waals surface area contributed by atoms with Crippen LogP contribution in [0.1, 0.15) is 0 Å². The molecule has 0 aromatic heterocycles. The largest absolute Gasteiger partial charge is 0.493 e. The van der Waals surface area contributed by atoms with Gasteiger partial charge in [0.2, 0.25) is 0 Å². The Morgan fingerprint density at radius 3 is 1.68 bits per heavy atom. The zero-order valence-electron chi connectivity index (χ0n) is 14.1. The van der Waals surface area contributed by atoms with Gasteiger partial charge in [-0.1, -0.05) is 36.4 Å². The van der Waals surface area contributed by atoms with Crippen molar-refractivity contribution in [3.05, 3.63) is 78.9 Å². The van der Waals surface area contributed by atoms with E-state index in [1.165, 1.54) is 0 Å². The Bertz CT molecular complexity index is 835. The second kappa shape index (κ2) is 7.45. The van der Waals surface area contributed by atoms with Crippen molar-refractivity contribution in [3.8, 4) is 17.2 Å². The van der Waals surface area contributed by atoms with E-state index in [9.17, 15) is 4.57 Å². The molecule has 0 spiro atoms. The third-order valence-electron chi connectivity index (χ3n) is 3.78. The molecule has 0 heterocycles. The summed E-state index contributed by atoms with van der Waals surface area (Å²) < 4.78 is 30.4. The number of methoxy groups -OCH3 is 2. The first-order valence-corrected chi connectivity index (χ1v) is 9.43. The normalized spacial score (nSPS) is 11.0. The van der Waals surface area contributed by atoms with Crippen molar-refractivity contribution < 1.29 is 18.6 Å². The SMILES string of the molecule is COc1ccc(OP(=O)(c2ccccc2)c2ccccc2)cc1OC. The van der Waals surface area contributed by atoms with E-state index in [1.807, 2.05) is 60.7 Å². The summed E-state index contributed by atoms with van der Waals surface area (Å²) in [5, 5.41) is 1.27. The van der Waals surface area contributed by atoms with E-state index in [1.54, 1.807) is 32.4 Å². The molecule has 3 rings (SSSR count). The fraction of sp³-hybridized carbons (Fsp3) is 0.100. The van der Waals surface area contributed by atoms with Crippen molar-refractivity contribution in [1.29, 1.82) is 0 Å². The van der Waals surface area contributed by atoms with Gasteiger partial charge < -0.3 is 14.0 Å². The van der Waals surface area contributed by atoms with Gasteiger partial charge in [-0.15, -0.1) is 0 Å². The Labute approximate surface area is 147 Å². The topological polar surface area (TPSA) is 44.8 Å². The number of hydrogen-bond donors (Lipinski definition) is 0. The lowest BCUT2D eigenvalue weighted by molar-refractivity contribution is 0.353. The van der Waals surface area contributed by atoms with Crippen LogP contribution in [-0.2, 0) is 4.57 Å². The third kappa shape index (κ3) is 3.54. The lowest BCUT2D eigenvalue weighted by atomic mass is 10.3. The molecule has 5 heteroatoms. The van der Waals surface area contributed by atoms with Crippen LogP contribution in [-0.4, -0.2) is 14.2 Å². The third-order valence-corrected chi connectivity index (χ3v) is 6.21. The molecular weight excluding hydrogens is 335 g/mol. The lowest BCUT2D eigenvalue weighted by Crippen LogP contribution is -2.20. The molecule has 0 fully saturated rings. The summed E-state index contributed by atoms with van der Waals surface area (Å²) >= 11 is 0. The van der Waals surface area contributed by atoms with Crippen molar-refractivity contribution in [2.75, 3.05) is 14.2 Å². The molecule has 3 aromatic carbocycles. The monoisotopic (exact) mass is 354 g/mol. The van der Waals surface area contributed by atoms with Gasteiger partial charge in [-0.2, -0.15) is 0 Å². The molecule has 0 bridgehead atoms. The summed E-state index contributed by atoms with van der Waals surface area (Å²) in [6.45, 7) is 0. The molecule has 0 radical (unpaired) electrons. The highest BCUT2D eigenvalue weighted by Crippen LogP contribution is 2.46. The maximum atomic E-state index is 13.8. The number of hydrogen-bond acceptors (Lipinski definition) is 4. The molecule has 0 N–H and O–H groups in total. The molecular formula is C20H19O4P. The molecule has 4 nitrogen and oxygen atoms in total. The molecule has 0 aliphatic carbocycles. The highest BCUT2D eigenvalue weighted by molar-refractivity contribution is 7.74. The van der Waals surface area contributed by atoms with Crippen LogP contribution in [0.25, 0.3) is 0 Å². The fourth-order valence-corrected chi connectivity index (χ4v) is 4.57. The predicted octanol–water partition coefficient (Wildman–Crippen LogP) is 4.01. The molecule has 0 amide bonds. The molecule has 0 unspecified atom stereocenters. The van der Waals surface area contributed by atoms with E-state index >= 15 is 0 Å². The smallest absolute Gasteiger partial charge is 0.306 e. The van der Waals surface area contributed by atoms with Crippen LogP contribution in [0.4, 0.5) is 0 Å². The minimum absolute atomic E-state index is 0.452. The average molecular weight is 354 g/mol. The standard InChI is InChI=1S/C20H19O4P/c1-22-19-14-13-16(15-20(19)23-2)24-25(21,17-9-5-3-6-10-17)18-11-7-4-8-12-18/h3-15H,1-2H3. The summed E-state index contributed by atoms with van der Waals surface area (Å²) in [5.74, 6) is 1.56. The number of rotatable bonds is 6. The molecule has 3 aromatic rings. The first-order chi connectivity index (χ1) is 12.2. The fourth-order valence-electron chi connectivity index (χ4n) is 2.52. The van der Waals surface area contributed by atoms with Gasteiger partial charge in [-0.05, 0) is 36.4 Å². The Morgan fingerprint density at radius 1 is 0.680 bits per heavy atom. The summed E-state index contributed by atoms with van der Waals surface area (Å²) in [6, 6.07) is 23.6. The molecule has 0 atom stereocenters. The van der Waals surface area contributed by atoms with Crippen LogP contribution >= 0.6 is 7.37 Å². The zero-order valence-corrected chi connectivity index (χ0v) is 15.0. The van der Waals surface area contributed by atoms with Crippen LogP contribution in [0, 0.1) is 0 Å². The maximum Gasteiger partial charge on any atom is 0.306 e. The van der Waals surface area contributed by atoms with Crippen LogP contribution in [0.3, 0.4) is 0 Å². The summed E-state index contributed by atoms with van der Waals surface area (Å²) in [4.78, 5) is 0. The molecule has 128 valence electrons. The van der Waals surface area contributed by atoms with Gasteiger partial charge in [0.1, 0.15) is 5.75 Å². The van der Waals surface area contributed by atoms with Gasteiger partial charge in [-0.25, -0.2) is 0 Å². The number of ether oxygens (including phenoxy) is 2. The first-order valence-electron chi connectivity index (χ1n) is 7.80. The van der Waals surface area contributed by atoms with E-state index in [-0.39, 0.29) is 0 Å². The van der Waals surface area contributed by atoms with Gasteiger partial charge in [0, 0.05) is 6.07 Å². The second-order valence-electron chi connectivity index (χ2n) is 5.33. The van der Waals surface area contributed by atoms with E-state index < -0.39 is 7.37 Å². The Morgan fingerprint density at radius 2 is 1.20 bits per heavy atom. The van der Waals surface area contributed by atoms with Crippen molar-refractivity contribution in [1.82, 2.24) is 0 Å². The van der Waals surface area contributed by atoms with Gasteiger partial charge in [0.25, 0.3) is 0 Å². The second-order valence-corrected chi connectivity index (χ2v) is 7.65. The quantitative estimate of drug-likeness (QED) is 0.628. The van der Waals surface area contributed by atoms with Gasteiger partial charge >= 0.3 is 7.37 Å². The van der Waals surface area contributed by atoms with Gasteiger partial charge in [-0.3, -0.25) is 4.57 Å². The summed E-state index contributed by atoms with van der Waals surface area (Å²) in [6.07, 6.45) is 0.